The maximum atomic E-state index is 12.2. The van der Waals surface area contributed by atoms with Crippen LogP contribution in [0.4, 0.5) is 0 Å². The van der Waals surface area contributed by atoms with Crippen LogP contribution in [0, 0.1) is 23.2 Å². The molecule has 96 valence electrons. The number of carbonyl (C=O) groups is 1. The Labute approximate surface area is 105 Å². The summed E-state index contributed by atoms with van der Waals surface area (Å²) in [6.07, 6.45) is 4.83. The number of hydrogen-bond donors (Lipinski definition) is 1. The van der Waals surface area contributed by atoms with Gasteiger partial charge >= 0.3 is 0 Å². The maximum Gasteiger partial charge on any atom is 0.224 e. The van der Waals surface area contributed by atoms with Crippen molar-refractivity contribution in [2.24, 2.45) is 23.2 Å². The fourth-order valence-corrected chi connectivity index (χ4v) is 2.88. The fourth-order valence-electron chi connectivity index (χ4n) is 2.88. The molecule has 2 fully saturated rings. The summed E-state index contributed by atoms with van der Waals surface area (Å²) in [5.41, 5.74) is 1.46. The highest BCUT2D eigenvalue weighted by molar-refractivity contribution is 5.84. The third-order valence-corrected chi connectivity index (χ3v) is 4.41. The van der Waals surface area contributed by atoms with Gasteiger partial charge in [0.15, 0.2) is 0 Å². The van der Waals surface area contributed by atoms with E-state index in [1.165, 1.54) is 18.4 Å². The fraction of sp³-hybridized carbons (Fsp3) is 0.800. The number of nitrogens with one attached hydrogen (secondary N) is 1. The quantitative estimate of drug-likeness (QED) is 0.745. The second kappa shape index (κ2) is 4.15. The molecule has 2 heteroatoms. The first-order valence-electron chi connectivity index (χ1n) is 6.79. The molecular formula is C15H25NO. The molecule has 2 nitrogen and oxygen atoms in total. The number of rotatable bonds is 4. The van der Waals surface area contributed by atoms with Gasteiger partial charge in [-0.25, -0.2) is 0 Å². The van der Waals surface area contributed by atoms with Crippen molar-refractivity contribution in [3.63, 3.8) is 0 Å². The zero-order valence-corrected chi connectivity index (χ0v) is 11.7. The van der Waals surface area contributed by atoms with Crippen LogP contribution in [0.5, 0.6) is 0 Å². The van der Waals surface area contributed by atoms with Gasteiger partial charge in [-0.15, -0.1) is 0 Å². The van der Waals surface area contributed by atoms with Gasteiger partial charge < -0.3 is 5.32 Å². The average molecular weight is 235 g/mol. The zero-order valence-electron chi connectivity index (χ0n) is 11.7. The summed E-state index contributed by atoms with van der Waals surface area (Å²) < 4.78 is 0. The average Bonchev–Trinajstić information content (AvgIpc) is 3.03. The molecule has 0 saturated heterocycles. The zero-order chi connectivity index (χ0) is 12.8. The number of amides is 1. The molecule has 2 saturated carbocycles. The first-order valence-corrected chi connectivity index (χ1v) is 6.79. The minimum absolute atomic E-state index is 0.143. The standard InChI is InChI=1S/C15H25NO/c1-9(2)8-12-13(15(12,4)5)14(17)16-10(3)11-6-7-11/h8,10-13H,6-7H2,1-5H3,(H,16,17). The van der Waals surface area contributed by atoms with E-state index in [2.05, 4.69) is 46.0 Å². The van der Waals surface area contributed by atoms with Crippen LogP contribution < -0.4 is 5.32 Å². The molecule has 17 heavy (non-hydrogen) atoms. The molecule has 1 amide bonds. The van der Waals surface area contributed by atoms with Gasteiger partial charge in [0.1, 0.15) is 0 Å². The van der Waals surface area contributed by atoms with Gasteiger partial charge in [0.05, 0.1) is 5.92 Å². The van der Waals surface area contributed by atoms with Crippen molar-refractivity contribution in [1.29, 1.82) is 0 Å². The summed E-state index contributed by atoms with van der Waals surface area (Å²) >= 11 is 0. The molecule has 2 aliphatic rings. The molecule has 0 aromatic rings. The molecule has 0 spiro atoms. The Morgan fingerprint density at radius 1 is 1.35 bits per heavy atom. The first-order chi connectivity index (χ1) is 7.84. The van der Waals surface area contributed by atoms with Crippen LogP contribution in [-0.2, 0) is 4.79 Å². The first kappa shape index (κ1) is 12.7. The summed E-state index contributed by atoms with van der Waals surface area (Å²) in [5.74, 6) is 1.61. The summed E-state index contributed by atoms with van der Waals surface area (Å²) in [6.45, 7) is 10.7. The second-order valence-electron chi connectivity index (χ2n) is 6.70. The smallest absolute Gasteiger partial charge is 0.224 e. The molecule has 0 heterocycles. The molecule has 2 aliphatic carbocycles. The third kappa shape index (κ3) is 2.56. The van der Waals surface area contributed by atoms with Crippen LogP contribution in [-0.4, -0.2) is 11.9 Å². The van der Waals surface area contributed by atoms with Crippen LogP contribution in [0.2, 0.25) is 0 Å². The van der Waals surface area contributed by atoms with Gasteiger partial charge in [-0.3, -0.25) is 4.79 Å². The summed E-state index contributed by atoms with van der Waals surface area (Å²) in [5, 5.41) is 3.19. The van der Waals surface area contributed by atoms with Gasteiger partial charge in [0.25, 0.3) is 0 Å². The Morgan fingerprint density at radius 2 is 1.94 bits per heavy atom. The van der Waals surface area contributed by atoms with E-state index in [1.807, 2.05) is 0 Å². The van der Waals surface area contributed by atoms with Crippen molar-refractivity contribution < 1.29 is 4.79 Å². The molecule has 3 unspecified atom stereocenters. The van der Waals surface area contributed by atoms with Gasteiger partial charge in [0.2, 0.25) is 5.91 Å². The van der Waals surface area contributed by atoms with E-state index >= 15 is 0 Å². The lowest BCUT2D eigenvalue weighted by atomic mass is 10.1. The third-order valence-electron chi connectivity index (χ3n) is 4.41. The molecule has 0 aromatic carbocycles. The lowest BCUT2D eigenvalue weighted by Crippen LogP contribution is -2.36. The van der Waals surface area contributed by atoms with Gasteiger partial charge in [0, 0.05) is 6.04 Å². The van der Waals surface area contributed by atoms with E-state index in [-0.39, 0.29) is 17.2 Å². The number of allylic oxidation sites excluding steroid dienone is 2. The van der Waals surface area contributed by atoms with Crippen LogP contribution >= 0.6 is 0 Å². The minimum atomic E-state index is 0.143. The van der Waals surface area contributed by atoms with Crippen LogP contribution in [0.1, 0.15) is 47.5 Å². The highest BCUT2D eigenvalue weighted by Crippen LogP contribution is 2.59. The van der Waals surface area contributed by atoms with E-state index in [0.29, 0.717) is 12.0 Å². The minimum Gasteiger partial charge on any atom is -0.353 e. The molecular weight excluding hydrogens is 210 g/mol. The Hall–Kier alpha value is -0.790. The predicted octanol–water partition coefficient (Wildman–Crippen LogP) is 3.14. The summed E-state index contributed by atoms with van der Waals surface area (Å²) in [7, 11) is 0. The summed E-state index contributed by atoms with van der Waals surface area (Å²) in [6, 6.07) is 0.367. The molecule has 2 rings (SSSR count). The van der Waals surface area contributed by atoms with E-state index in [9.17, 15) is 4.79 Å². The van der Waals surface area contributed by atoms with Crippen molar-refractivity contribution in [3.8, 4) is 0 Å². The van der Waals surface area contributed by atoms with Crippen molar-refractivity contribution in [3.05, 3.63) is 11.6 Å². The Balaban J connectivity index is 1.94. The molecule has 3 atom stereocenters. The molecule has 1 N–H and O–H groups in total. The summed E-state index contributed by atoms with van der Waals surface area (Å²) in [4.78, 5) is 12.2. The highest BCUT2D eigenvalue weighted by atomic mass is 16.2. The molecule has 0 bridgehead atoms. The molecule has 0 radical (unpaired) electrons. The van der Waals surface area contributed by atoms with Crippen molar-refractivity contribution in [1.82, 2.24) is 5.32 Å². The van der Waals surface area contributed by atoms with E-state index < -0.39 is 0 Å². The maximum absolute atomic E-state index is 12.2. The molecule has 0 aromatic heterocycles. The molecule has 0 aliphatic heterocycles. The monoisotopic (exact) mass is 235 g/mol. The predicted molar refractivity (Wildman–Crippen MR) is 70.5 cm³/mol. The van der Waals surface area contributed by atoms with Crippen LogP contribution in [0.3, 0.4) is 0 Å². The van der Waals surface area contributed by atoms with Gasteiger partial charge in [-0.05, 0) is 50.9 Å². The lowest BCUT2D eigenvalue weighted by Gasteiger charge is -2.13. The topological polar surface area (TPSA) is 29.1 Å². The Kier molecular flexibility index (Phi) is 3.09. The number of carbonyl (C=O) groups excluding carboxylic acids is 1. The lowest BCUT2D eigenvalue weighted by molar-refractivity contribution is -0.123. The number of hydrogen-bond acceptors (Lipinski definition) is 1. The van der Waals surface area contributed by atoms with Gasteiger partial charge in [-0.2, -0.15) is 0 Å². The van der Waals surface area contributed by atoms with Gasteiger partial charge in [-0.1, -0.05) is 25.5 Å². The Bertz CT molecular complexity index is 348. The van der Waals surface area contributed by atoms with Crippen LogP contribution in [0.15, 0.2) is 11.6 Å². The largest absolute Gasteiger partial charge is 0.353 e. The van der Waals surface area contributed by atoms with Crippen molar-refractivity contribution >= 4 is 5.91 Å². The SMILES string of the molecule is CC(C)=CC1C(C(=O)NC(C)C2CC2)C1(C)C. The normalized spacial score (nSPS) is 31.6. The van der Waals surface area contributed by atoms with E-state index in [1.54, 1.807) is 0 Å². The second-order valence-corrected chi connectivity index (χ2v) is 6.70. The van der Waals surface area contributed by atoms with Crippen molar-refractivity contribution in [2.45, 2.75) is 53.5 Å². The Morgan fingerprint density at radius 3 is 2.41 bits per heavy atom. The highest BCUT2D eigenvalue weighted by Gasteiger charge is 2.60. The van der Waals surface area contributed by atoms with Crippen LogP contribution in [0.25, 0.3) is 0 Å². The van der Waals surface area contributed by atoms with Crippen molar-refractivity contribution in [2.75, 3.05) is 0 Å². The van der Waals surface area contributed by atoms with E-state index in [0.717, 1.165) is 5.92 Å². The van der Waals surface area contributed by atoms with E-state index in [4.69, 9.17) is 0 Å².